The van der Waals surface area contributed by atoms with Crippen LogP contribution in [-0.2, 0) is 17.6 Å². The van der Waals surface area contributed by atoms with Gasteiger partial charge in [-0.25, -0.2) is 14.6 Å². The number of aromatic nitrogens is 2. The summed E-state index contributed by atoms with van der Waals surface area (Å²) < 4.78 is 5.22. The molecule has 2 aromatic rings. The molecule has 1 amide bonds. The van der Waals surface area contributed by atoms with Crippen LogP contribution >= 0.6 is 11.3 Å². The van der Waals surface area contributed by atoms with E-state index in [1.807, 2.05) is 20.8 Å². The number of carboxylic acids is 1. The van der Waals surface area contributed by atoms with Crippen molar-refractivity contribution in [3.63, 3.8) is 0 Å². The number of amides is 1. The van der Waals surface area contributed by atoms with E-state index in [1.165, 1.54) is 16.2 Å². The molecule has 1 saturated carbocycles. The Kier molecular flexibility index (Phi) is 7.55. The number of ether oxygens (including phenoxy) is 1. The van der Waals surface area contributed by atoms with Crippen molar-refractivity contribution in [2.24, 2.45) is 11.7 Å². The Bertz CT molecular complexity index is 1030. The highest BCUT2D eigenvalue weighted by molar-refractivity contribution is 7.18. The summed E-state index contributed by atoms with van der Waals surface area (Å²) >= 11 is 1.44. The largest absolute Gasteiger partial charge is 0.475 e. The fraction of sp³-hybridized carbons (Fsp3) is 0.636. The monoisotopic (exact) mass is 464 g/mol. The first kappa shape index (κ1) is 24.2. The van der Waals surface area contributed by atoms with Crippen molar-refractivity contribution in [1.29, 1.82) is 0 Å². The number of aromatic carboxylic acids is 1. The van der Waals surface area contributed by atoms with Gasteiger partial charge in [-0.1, -0.05) is 0 Å². The Labute approximate surface area is 190 Å². The molecule has 0 aliphatic heterocycles. The third-order valence-corrected chi connectivity index (χ3v) is 6.86. The van der Waals surface area contributed by atoms with Gasteiger partial charge in [-0.05, 0) is 83.7 Å². The maximum absolute atomic E-state index is 11.8. The number of nitrogens with zero attached hydrogens (tertiary/aromatic N) is 1. The van der Waals surface area contributed by atoms with Crippen molar-refractivity contribution in [2.75, 3.05) is 6.54 Å². The molecular formula is C22H32N4O5S. The van der Waals surface area contributed by atoms with E-state index in [1.54, 1.807) is 0 Å². The second kappa shape index (κ2) is 9.99. The number of carbonyl (C=O) groups excluding carboxylic acids is 1. The molecule has 0 atom stereocenters. The van der Waals surface area contributed by atoms with Gasteiger partial charge in [0.2, 0.25) is 5.82 Å². The fourth-order valence-corrected chi connectivity index (χ4v) is 5.38. The zero-order chi connectivity index (χ0) is 23.5. The number of aryl methyl sites for hydroxylation is 2. The van der Waals surface area contributed by atoms with E-state index in [9.17, 15) is 14.4 Å². The van der Waals surface area contributed by atoms with Crippen LogP contribution in [0.15, 0.2) is 4.79 Å². The molecule has 0 saturated heterocycles. The number of nitrogens with one attached hydrogen (secondary N) is 2. The summed E-state index contributed by atoms with van der Waals surface area (Å²) in [5.41, 5.74) is 5.93. The van der Waals surface area contributed by atoms with E-state index in [0.29, 0.717) is 16.1 Å². The van der Waals surface area contributed by atoms with Gasteiger partial charge in [0.15, 0.2) is 0 Å². The van der Waals surface area contributed by atoms with Gasteiger partial charge in [0.25, 0.3) is 5.56 Å². The van der Waals surface area contributed by atoms with Gasteiger partial charge in [0, 0.05) is 10.9 Å². The molecule has 176 valence electrons. The van der Waals surface area contributed by atoms with Crippen molar-refractivity contribution >= 4 is 33.6 Å². The number of carbonyl (C=O) groups is 2. The predicted molar refractivity (Wildman–Crippen MR) is 123 cm³/mol. The van der Waals surface area contributed by atoms with Crippen LogP contribution in [0.4, 0.5) is 4.79 Å². The minimum Gasteiger partial charge on any atom is -0.475 e. The topological polar surface area (TPSA) is 147 Å². The molecule has 2 aliphatic rings. The minimum absolute atomic E-state index is 0.262. The van der Waals surface area contributed by atoms with Crippen molar-refractivity contribution < 1.29 is 19.4 Å². The summed E-state index contributed by atoms with van der Waals surface area (Å²) in [6, 6.07) is 0.262. The van der Waals surface area contributed by atoms with Gasteiger partial charge in [0.05, 0.1) is 5.39 Å². The third kappa shape index (κ3) is 6.07. The average molecular weight is 465 g/mol. The number of thiophene rings is 1. The van der Waals surface area contributed by atoms with Crippen LogP contribution in [0.5, 0.6) is 0 Å². The van der Waals surface area contributed by atoms with Crippen molar-refractivity contribution in [3.8, 4) is 0 Å². The molecule has 0 unspecified atom stereocenters. The normalized spacial score (nSPS) is 20.2. The van der Waals surface area contributed by atoms with Gasteiger partial charge < -0.3 is 25.9 Å². The lowest BCUT2D eigenvalue weighted by atomic mass is 9.86. The molecule has 10 heteroatoms. The van der Waals surface area contributed by atoms with E-state index in [-0.39, 0.29) is 23.5 Å². The van der Waals surface area contributed by atoms with E-state index < -0.39 is 11.6 Å². The first-order valence-corrected chi connectivity index (χ1v) is 11.9. The van der Waals surface area contributed by atoms with Crippen LogP contribution in [-0.4, -0.2) is 45.3 Å². The highest BCUT2D eigenvalue weighted by atomic mass is 32.1. The maximum Gasteiger partial charge on any atom is 0.407 e. The Morgan fingerprint density at radius 2 is 1.94 bits per heavy atom. The average Bonchev–Trinajstić information content (AvgIpc) is 3.28. The van der Waals surface area contributed by atoms with Crippen molar-refractivity contribution in [3.05, 3.63) is 26.6 Å². The molecule has 1 fully saturated rings. The van der Waals surface area contributed by atoms with Crippen LogP contribution in [0, 0.1) is 5.92 Å². The van der Waals surface area contributed by atoms with Crippen LogP contribution in [0.3, 0.4) is 0 Å². The highest BCUT2D eigenvalue weighted by Crippen LogP contribution is 2.34. The smallest absolute Gasteiger partial charge is 0.407 e. The standard InChI is InChI=1S/C12H24N2O2.C10H8N2O3S/c1-12(2,3)16-11(15)14-10-6-4-9(8-13)5-7-10;13-8-6-4-2-1-3-5(4)16-9(6)12-7(11-8)10(14)15/h9-10H,4-8,13H2,1-3H3,(H,14,15);1-3H2,(H,14,15)(H,11,12,13). The van der Waals surface area contributed by atoms with Gasteiger partial charge in [-0.15, -0.1) is 11.3 Å². The maximum atomic E-state index is 11.8. The number of aromatic amines is 1. The molecule has 32 heavy (non-hydrogen) atoms. The highest BCUT2D eigenvalue weighted by Gasteiger charge is 2.24. The lowest BCUT2D eigenvalue weighted by molar-refractivity contribution is 0.0487. The molecule has 0 spiro atoms. The second-order valence-electron chi connectivity index (χ2n) is 9.36. The SMILES string of the molecule is CC(C)(C)OC(=O)NC1CCC(CN)CC1.O=C(O)c1nc2sc3c(c2c(=O)[nH]1)CCC3. The van der Waals surface area contributed by atoms with Gasteiger partial charge >= 0.3 is 12.1 Å². The second-order valence-corrected chi connectivity index (χ2v) is 10.4. The summed E-state index contributed by atoms with van der Waals surface area (Å²) in [7, 11) is 0. The zero-order valence-corrected chi connectivity index (χ0v) is 19.6. The predicted octanol–water partition coefficient (Wildman–Crippen LogP) is 3.20. The Morgan fingerprint density at radius 3 is 2.53 bits per heavy atom. The van der Waals surface area contributed by atoms with Crippen molar-refractivity contribution in [2.45, 2.75) is 77.4 Å². The number of nitrogens with two attached hydrogens (primary N) is 1. The van der Waals surface area contributed by atoms with E-state index in [0.717, 1.165) is 57.1 Å². The minimum atomic E-state index is -1.20. The summed E-state index contributed by atoms with van der Waals surface area (Å²) in [5.74, 6) is -0.846. The first-order valence-electron chi connectivity index (χ1n) is 11.0. The molecule has 2 aromatic heterocycles. The number of hydrogen-bond acceptors (Lipinski definition) is 7. The summed E-state index contributed by atoms with van der Waals surface area (Å²) in [6.07, 6.45) is 6.88. The molecule has 0 radical (unpaired) electrons. The fourth-order valence-electron chi connectivity index (χ4n) is 4.12. The first-order chi connectivity index (χ1) is 15.1. The lowest BCUT2D eigenvalue weighted by Crippen LogP contribution is -2.41. The van der Waals surface area contributed by atoms with Gasteiger partial charge in [0.1, 0.15) is 10.4 Å². The molecule has 4 rings (SSSR count). The molecule has 0 bridgehead atoms. The van der Waals surface area contributed by atoms with Gasteiger partial charge in [-0.3, -0.25) is 4.79 Å². The van der Waals surface area contributed by atoms with E-state index in [4.69, 9.17) is 15.6 Å². The molecule has 2 heterocycles. The summed E-state index contributed by atoms with van der Waals surface area (Å²) in [4.78, 5) is 42.0. The number of H-pyrrole nitrogens is 1. The van der Waals surface area contributed by atoms with Crippen LogP contribution in [0.1, 0.15) is 73.9 Å². The summed E-state index contributed by atoms with van der Waals surface area (Å²) in [6.45, 7) is 6.38. The number of alkyl carbamates (subject to hydrolysis) is 1. The van der Waals surface area contributed by atoms with Crippen LogP contribution < -0.4 is 16.6 Å². The molecule has 9 nitrogen and oxygen atoms in total. The molecule has 0 aromatic carbocycles. The number of fused-ring (bicyclic) bond motifs is 3. The quantitative estimate of drug-likeness (QED) is 0.545. The molecule has 2 aliphatic carbocycles. The number of rotatable bonds is 3. The Balaban J connectivity index is 0.000000181. The van der Waals surface area contributed by atoms with E-state index >= 15 is 0 Å². The van der Waals surface area contributed by atoms with Gasteiger partial charge in [-0.2, -0.15) is 0 Å². The lowest BCUT2D eigenvalue weighted by Gasteiger charge is -2.29. The molecular weight excluding hydrogens is 432 g/mol. The third-order valence-electron chi connectivity index (χ3n) is 5.68. The van der Waals surface area contributed by atoms with Crippen LogP contribution in [0.25, 0.3) is 10.2 Å². The number of hydrogen-bond donors (Lipinski definition) is 4. The Morgan fingerprint density at radius 1 is 1.25 bits per heavy atom. The van der Waals surface area contributed by atoms with Crippen molar-refractivity contribution in [1.82, 2.24) is 15.3 Å². The summed E-state index contributed by atoms with van der Waals surface area (Å²) in [5, 5.41) is 12.3. The zero-order valence-electron chi connectivity index (χ0n) is 18.8. The van der Waals surface area contributed by atoms with Crippen LogP contribution in [0.2, 0.25) is 0 Å². The Hall–Kier alpha value is -2.46. The van der Waals surface area contributed by atoms with E-state index in [2.05, 4.69) is 15.3 Å². The molecule has 5 N–H and O–H groups in total. The number of carboxylic acid groups (broad SMARTS) is 1.